The number of nitrogens with zero attached hydrogens (tertiary/aromatic N) is 7. The van der Waals surface area contributed by atoms with Crippen molar-refractivity contribution in [1.82, 2.24) is 39.3 Å². The Labute approximate surface area is 182 Å². The second-order valence-electron chi connectivity index (χ2n) is 7.74. The van der Waals surface area contributed by atoms with Crippen LogP contribution in [0, 0.1) is 5.92 Å². The molecule has 31 heavy (non-hydrogen) atoms. The molecule has 3 heterocycles. The first kappa shape index (κ1) is 21.0. The zero-order valence-electron chi connectivity index (χ0n) is 17.6. The van der Waals surface area contributed by atoms with Crippen molar-refractivity contribution in [2.45, 2.75) is 44.3 Å². The molecule has 162 valence electrons. The van der Waals surface area contributed by atoms with Crippen molar-refractivity contribution >= 4 is 22.9 Å². The van der Waals surface area contributed by atoms with Gasteiger partial charge in [0.1, 0.15) is 5.82 Å². The Morgan fingerprint density at radius 1 is 1.13 bits per heavy atom. The average Bonchev–Trinajstić information content (AvgIpc) is 3.32. The van der Waals surface area contributed by atoms with E-state index in [-0.39, 0.29) is 0 Å². The maximum atomic E-state index is 12.8. The fourth-order valence-electron chi connectivity index (χ4n) is 3.34. The fourth-order valence-corrected chi connectivity index (χ4v) is 4.14. The molecular formula is C20H24N8O2S. The molecule has 0 aliphatic rings. The molecule has 0 unspecified atom stereocenters. The summed E-state index contributed by atoms with van der Waals surface area (Å²) in [6.45, 7) is 5.23. The monoisotopic (exact) mass is 440 g/mol. The number of H-pyrrole nitrogens is 1. The van der Waals surface area contributed by atoms with Crippen LogP contribution in [-0.4, -0.2) is 39.3 Å². The molecule has 0 atom stereocenters. The van der Waals surface area contributed by atoms with Gasteiger partial charge in [-0.2, -0.15) is 0 Å². The number of rotatable bonds is 8. The molecule has 0 saturated carbocycles. The predicted octanol–water partition coefficient (Wildman–Crippen LogP) is 1.80. The zero-order valence-corrected chi connectivity index (χ0v) is 18.5. The lowest BCUT2D eigenvalue weighted by molar-refractivity contribution is 0.515. The third-order valence-corrected chi connectivity index (χ3v) is 6.00. The number of tetrazole rings is 1. The van der Waals surface area contributed by atoms with E-state index in [1.807, 2.05) is 34.9 Å². The lowest BCUT2D eigenvalue weighted by Gasteiger charge is -2.10. The van der Waals surface area contributed by atoms with Gasteiger partial charge in [0.15, 0.2) is 11.2 Å². The molecule has 0 aliphatic carbocycles. The van der Waals surface area contributed by atoms with E-state index in [1.165, 1.54) is 16.3 Å². The van der Waals surface area contributed by atoms with Gasteiger partial charge in [0.2, 0.25) is 5.16 Å². The summed E-state index contributed by atoms with van der Waals surface area (Å²) >= 11 is 1.43. The Bertz CT molecular complexity index is 1300. The van der Waals surface area contributed by atoms with E-state index in [9.17, 15) is 9.59 Å². The first-order valence-electron chi connectivity index (χ1n) is 10.1. The minimum absolute atomic E-state index is 0.327. The van der Waals surface area contributed by atoms with Crippen molar-refractivity contribution in [1.29, 1.82) is 0 Å². The predicted molar refractivity (Wildman–Crippen MR) is 118 cm³/mol. The van der Waals surface area contributed by atoms with Crippen molar-refractivity contribution in [3.05, 3.63) is 62.6 Å². The maximum Gasteiger partial charge on any atom is 0.330 e. The summed E-state index contributed by atoms with van der Waals surface area (Å²) in [5.74, 6) is 1.64. The van der Waals surface area contributed by atoms with Gasteiger partial charge in [-0.25, -0.2) is 14.5 Å². The Hall–Kier alpha value is -3.21. The molecule has 0 radical (unpaired) electrons. The Balaban J connectivity index is 1.81. The van der Waals surface area contributed by atoms with Crippen LogP contribution in [0.2, 0.25) is 0 Å². The largest absolute Gasteiger partial charge is 0.330 e. The second-order valence-corrected chi connectivity index (χ2v) is 8.68. The molecular weight excluding hydrogens is 416 g/mol. The smallest absolute Gasteiger partial charge is 0.321 e. The molecule has 4 aromatic rings. The quantitative estimate of drug-likeness (QED) is 0.415. The normalized spacial score (nSPS) is 11.6. The van der Waals surface area contributed by atoms with Gasteiger partial charge in [0.25, 0.3) is 5.56 Å². The molecule has 1 aromatic carbocycles. The molecule has 0 bridgehead atoms. The summed E-state index contributed by atoms with van der Waals surface area (Å²) in [5, 5.41) is 12.2. The maximum absolute atomic E-state index is 12.8. The van der Waals surface area contributed by atoms with Crippen LogP contribution >= 0.6 is 11.8 Å². The topological polar surface area (TPSA) is 116 Å². The highest BCUT2D eigenvalue weighted by atomic mass is 32.2. The van der Waals surface area contributed by atoms with Crippen LogP contribution < -0.4 is 11.2 Å². The van der Waals surface area contributed by atoms with Gasteiger partial charge < -0.3 is 4.57 Å². The van der Waals surface area contributed by atoms with Gasteiger partial charge in [0.05, 0.1) is 12.3 Å². The SMILES string of the molecule is CC(C)CCn1c(CSc2nnnn2C)nc2c1c(=O)[nH]c(=O)n2Cc1ccccc1. The van der Waals surface area contributed by atoms with Gasteiger partial charge in [-0.3, -0.25) is 14.3 Å². The standard InChI is InChI=1S/C20H24N8O2S/c1-13(2)9-10-27-15(12-31-20-23-24-25-26(20)3)21-17-16(27)18(29)22-19(30)28(17)11-14-7-5-4-6-8-14/h4-8,13H,9-12H2,1-3H3,(H,22,29,30). The van der Waals surface area contributed by atoms with Crippen LogP contribution in [0.25, 0.3) is 11.2 Å². The highest BCUT2D eigenvalue weighted by Crippen LogP contribution is 2.22. The Morgan fingerprint density at radius 3 is 2.58 bits per heavy atom. The van der Waals surface area contributed by atoms with Crippen LogP contribution in [0.1, 0.15) is 31.7 Å². The van der Waals surface area contributed by atoms with Crippen LogP contribution in [-0.2, 0) is 25.9 Å². The van der Waals surface area contributed by atoms with E-state index in [4.69, 9.17) is 4.98 Å². The number of hydrogen-bond acceptors (Lipinski definition) is 7. The molecule has 11 heteroatoms. The minimum atomic E-state index is -0.466. The molecule has 0 aliphatic heterocycles. The van der Waals surface area contributed by atoms with Crippen molar-refractivity contribution in [3.8, 4) is 0 Å². The van der Waals surface area contributed by atoms with Gasteiger partial charge in [-0.05, 0) is 28.3 Å². The van der Waals surface area contributed by atoms with Crippen LogP contribution in [0.3, 0.4) is 0 Å². The van der Waals surface area contributed by atoms with E-state index in [0.29, 0.717) is 46.9 Å². The number of nitrogens with one attached hydrogen (secondary N) is 1. The lowest BCUT2D eigenvalue weighted by atomic mass is 10.1. The molecule has 0 spiro atoms. The molecule has 0 fully saturated rings. The van der Waals surface area contributed by atoms with Crippen molar-refractivity contribution in [3.63, 3.8) is 0 Å². The summed E-state index contributed by atoms with van der Waals surface area (Å²) in [6, 6.07) is 9.64. The Morgan fingerprint density at radius 2 is 1.90 bits per heavy atom. The first-order chi connectivity index (χ1) is 14.9. The highest BCUT2D eigenvalue weighted by molar-refractivity contribution is 7.98. The van der Waals surface area contributed by atoms with Gasteiger partial charge >= 0.3 is 5.69 Å². The second kappa shape index (κ2) is 8.88. The third kappa shape index (κ3) is 4.46. The number of thioether (sulfide) groups is 1. The van der Waals surface area contributed by atoms with E-state index >= 15 is 0 Å². The third-order valence-electron chi connectivity index (χ3n) is 4.99. The zero-order chi connectivity index (χ0) is 22.0. The summed E-state index contributed by atoms with van der Waals surface area (Å²) in [7, 11) is 1.77. The van der Waals surface area contributed by atoms with Crippen molar-refractivity contribution in [2.24, 2.45) is 13.0 Å². The number of aromatic nitrogens is 8. The number of imidazole rings is 1. The molecule has 0 amide bonds. The van der Waals surface area contributed by atoms with Crippen LogP contribution in [0.5, 0.6) is 0 Å². The van der Waals surface area contributed by atoms with E-state index in [2.05, 4.69) is 34.4 Å². The Kier molecular flexibility index (Phi) is 6.03. The molecule has 0 saturated heterocycles. The molecule has 1 N–H and O–H groups in total. The van der Waals surface area contributed by atoms with Gasteiger partial charge in [-0.15, -0.1) is 5.10 Å². The minimum Gasteiger partial charge on any atom is -0.321 e. The summed E-state index contributed by atoms with van der Waals surface area (Å²) in [6.07, 6.45) is 0.881. The number of aryl methyl sites for hydroxylation is 2. The highest BCUT2D eigenvalue weighted by Gasteiger charge is 2.20. The lowest BCUT2D eigenvalue weighted by Crippen LogP contribution is -2.31. The number of benzene rings is 1. The number of aromatic amines is 1. The summed E-state index contributed by atoms with van der Waals surface area (Å²) in [4.78, 5) is 32.7. The van der Waals surface area contributed by atoms with Crippen molar-refractivity contribution in [2.75, 3.05) is 0 Å². The molecule has 3 aromatic heterocycles. The van der Waals surface area contributed by atoms with Crippen LogP contribution in [0.4, 0.5) is 0 Å². The molecule has 10 nitrogen and oxygen atoms in total. The van der Waals surface area contributed by atoms with E-state index in [0.717, 1.165) is 12.0 Å². The van der Waals surface area contributed by atoms with E-state index < -0.39 is 11.2 Å². The first-order valence-corrected chi connectivity index (χ1v) is 11.0. The number of hydrogen-bond donors (Lipinski definition) is 1. The van der Waals surface area contributed by atoms with E-state index in [1.54, 1.807) is 11.7 Å². The van der Waals surface area contributed by atoms with Gasteiger partial charge in [-0.1, -0.05) is 55.9 Å². The summed E-state index contributed by atoms with van der Waals surface area (Å²) < 4.78 is 5.03. The summed E-state index contributed by atoms with van der Waals surface area (Å²) in [5.41, 5.74) is 0.885. The fraction of sp³-hybridized carbons (Fsp3) is 0.400. The molecule has 4 rings (SSSR count). The average molecular weight is 441 g/mol. The van der Waals surface area contributed by atoms with Crippen molar-refractivity contribution < 1.29 is 0 Å². The van der Waals surface area contributed by atoms with Gasteiger partial charge in [0, 0.05) is 13.6 Å². The number of fused-ring (bicyclic) bond motifs is 1. The van der Waals surface area contributed by atoms with Crippen LogP contribution in [0.15, 0.2) is 45.1 Å².